The van der Waals surface area contributed by atoms with Crippen molar-refractivity contribution >= 4 is 32.7 Å². The van der Waals surface area contributed by atoms with Crippen molar-refractivity contribution in [3.05, 3.63) is 94.7 Å². The van der Waals surface area contributed by atoms with Crippen LogP contribution in [0.2, 0.25) is 0 Å². The SMILES string of the molecule is Cn1c(=O)oc2cc(S(=O)(=O)NC(Cc3ccccc3)C(=O)Nc3ccc(F)cc3)ccc21. The zero-order valence-electron chi connectivity index (χ0n) is 17.5. The molecule has 4 rings (SSSR count). The Kier molecular flexibility index (Phi) is 6.12. The molecule has 1 amide bonds. The highest BCUT2D eigenvalue weighted by atomic mass is 32.2. The molecule has 0 aliphatic carbocycles. The number of benzene rings is 3. The van der Waals surface area contributed by atoms with Gasteiger partial charge >= 0.3 is 5.76 Å². The molecule has 0 saturated heterocycles. The molecule has 0 saturated carbocycles. The number of fused-ring (bicyclic) bond motifs is 1. The second kappa shape index (κ2) is 9.00. The van der Waals surface area contributed by atoms with Crippen molar-refractivity contribution in [1.82, 2.24) is 9.29 Å². The summed E-state index contributed by atoms with van der Waals surface area (Å²) in [6.45, 7) is 0. The van der Waals surface area contributed by atoms with Crippen LogP contribution in [0.15, 0.2) is 86.9 Å². The standard InChI is InChI=1S/C23H20FN3O5S/c1-27-20-12-11-18(14-21(20)32-23(27)29)33(30,31)26-19(13-15-5-3-2-4-6-15)22(28)25-17-9-7-16(24)8-10-17/h2-12,14,19,26H,13H2,1H3,(H,25,28). The van der Waals surface area contributed by atoms with Crippen LogP contribution in [-0.2, 0) is 28.3 Å². The molecule has 0 aliphatic rings. The largest absolute Gasteiger partial charge is 0.419 e. The summed E-state index contributed by atoms with van der Waals surface area (Å²) in [6.07, 6.45) is 0.0791. The lowest BCUT2D eigenvalue weighted by Gasteiger charge is -2.19. The van der Waals surface area contributed by atoms with E-state index in [2.05, 4.69) is 10.0 Å². The van der Waals surface area contributed by atoms with Gasteiger partial charge in [-0.05, 0) is 48.4 Å². The summed E-state index contributed by atoms with van der Waals surface area (Å²) < 4.78 is 48.2. The van der Waals surface area contributed by atoms with Crippen molar-refractivity contribution in [2.45, 2.75) is 17.4 Å². The molecule has 3 aromatic carbocycles. The zero-order chi connectivity index (χ0) is 23.6. The minimum absolute atomic E-state index is 0.0791. The fourth-order valence-electron chi connectivity index (χ4n) is 3.34. The number of sulfonamides is 1. The summed E-state index contributed by atoms with van der Waals surface area (Å²) in [5.41, 5.74) is 1.62. The molecule has 1 atom stereocenters. The number of nitrogens with one attached hydrogen (secondary N) is 2. The molecule has 10 heteroatoms. The van der Waals surface area contributed by atoms with Crippen LogP contribution < -0.4 is 15.8 Å². The highest BCUT2D eigenvalue weighted by Gasteiger charge is 2.27. The van der Waals surface area contributed by atoms with Gasteiger partial charge in [-0.3, -0.25) is 9.36 Å². The predicted molar refractivity (Wildman–Crippen MR) is 121 cm³/mol. The Morgan fingerprint density at radius 1 is 1.06 bits per heavy atom. The lowest BCUT2D eigenvalue weighted by molar-refractivity contribution is -0.117. The Balaban J connectivity index is 1.63. The molecular formula is C23H20FN3O5S. The molecule has 0 spiro atoms. The van der Waals surface area contributed by atoms with Crippen LogP contribution in [0.4, 0.5) is 10.1 Å². The Hall–Kier alpha value is -3.76. The second-order valence-electron chi connectivity index (χ2n) is 7.42. The predicted octanol–water partition coefficient (Wildman–Crippen LogP) is 2.80. The number of aryl methyl sites for hydroxylation is 1. The van der Waals surface area contributed by atoms with Gasteiger partial charge in [-0.15, -0.1) is 0 Å². The Morgan fingerprint density at radius 2 is 1.76 bits per heavy atom. The van der Waals surface area contributed by atoms with Gasteiger partial charge in [-0.1, -0.05) is 30.3 Å². The van der Waals surface area contributed by atoms with E-state index in [0.717, 1.165) is 5.56 Å². The summed E-state index contributed by atoms with van der Waals surface area (Å²) in [7, 11) is -2.65. The summed E-state index contributed by atoms with van der Waals surface area (Å²) in [6, 6.07) is 16.9. The fourth-order valence-corrected chi connectivity index (χ4v) is 4.55. The van der Waals surface area contributed by atoms with Crippen molar-refractivity contribution in [1.29, 1.82) is 0 Å². The maximum absolute atomic E-state index is 13.2. The number of halogens is 1. The highest BCUT2D eigenvalue weighted by molar-refractivity contribution is 7.89. The first-order valence-corrected chi connectivity index (χ1v) is 11.4. The quantitative estimate of drug-likeness (QED) is 0.433. The average molecular weight is 469 g/mol. The van der Waals surface area contributed by atoms with Gasteiger partial charge in [-0.25, -0.2) is 17.6 Å². The number of amides is 1. The Bertz CT molecular complexity index is 1460. The monoisotopic (exact) mass is 469 g/mol. The first kappa shape index (κ1) is 22.4. The molecule has 4 aromatic rings. The van der Waals surface area contributed by atoms with Crippen LogP contribution in [0.1, 0.15) is 5.56 Å². The molecule has 1 aromatic heterocycles. The molecule has 1 unspecified atom stereocenters. The average Bonchev–Trinajstić information content (AvgIpc) is 3.08. The third-order valence-corrected chi connectivity index (χ3v) is 6.55. The zero-order valence-corrected chi connectivity index (χ0v) is 18.3. The van der Waals surface area contributed by atoms with Crippen LogP contribution in [-0.4, -0.2) is 24.9 Å². The summed E-state index contributed by atoms with van der Waals surface area (Å²) in [5.74, 6) is -1.69. The molecule has 0 fully saturated rings. The van der Waals surface area contributed by atoms with Gasteiger partial charge in [-0.2, -0.15) is 4.72 Å². The second-order valence-corrected chi connectivity index (χ2v) is 9.13. The third-order valence-electron chi connectivity index (χ3n) is 5.08. The van der Waals surface area contributed by atoms with Gasteiger partial charge in [0.2, 0.25) is 15.9 Å². The van der Waals surface area contributed by atoms with Gasteiger partial charge in [0.1, 0.15) is 11.9 Å². The lowest BCUT2D eigenvalue weighted by atomic mass is 10.1. The topological polar surface area (TPSA) is 110 Å². The smallest absolute Gasteiger partial charge is 0.408 e. The number of carbonyl (C=O) groups is 1. The molecule has 2 N–H and O–H groups in total. The van der Waals surface area contributed by atoms with Crippen molar-refractivity contribution in [2.24, 2.45) is 7.05 Å². The molecule has 170 valence electrons. The van der Waals surface area contributed by atoms with Crippen molar-refractivity contribution in [2.75, 3.05) is 5.32 Å². The number of aromatic nitrogens is 1. The Labute approximate surface area is 188 Å². The first-order valence-electron chi connectivity index (χ1n) is 9.95. The van der Waals surface area contributed by atoms with Crippen molar-refractivity contribution in [3.63, 3.8) is 0 Å². The van der Waals surface area contributed by atoms with E-state index in [0.29, 0.717) is 11.2 Å². The van der Waals surface area contributed by atoms with E-state index in [1.54, 1.807) is 24.3 Å². The Morgan fingerprint density at radius 3 is 2.45 bits per heavy atom. The third kappa shape index (κ3) is 5.02. The molecule has 8 nitrogen and oxygen atoms in total. The highest BCUT2D eigenvalue weighted by Crippen LogP contribution is 2.19. The van der Waals surface area contributed by atoms with Crippen LogP contribution in [0.3, 0.4) is 0 Å². The number of nitrogens with zero attached hydrogens (tertiary/aromatic N) is 1. The van der Waals surface area contributed by atoms with Gasteiger partial charge in [0.15, 0.2) is 5.58 Å². The summed E-state index contributed by atoms with van der Waals surface area (Å²) >= 11 is 0. The van der Waals surface area contributed by atoms with Crippen LogP contribution in [0, 0.1) is 5.82 Å². The van der Waals surface area contributed by atoms with Crippen LogP contribution in [0.5, 0.6) is 0 Å². The number of carbonyl (C=O) groups excluding carboxylic acids is 1. The van der Waals surface area contributed by atoms with Crippen molar-refractivity contribution < 1.29 is 22.0 Å². The lowest BCUT2D eigenvalue weighted by Crippen LogP contribution is -2.45. The van der Waals surface area contributed by atoms with E-state index in [1.165, 1.54) is 54.1 Å². The van der Waals surface area contributed by atoms with E-state index in [1.807, 2.05) is 6.07 Å². The minimum atomic E-state index is -4.16. The van der Waals surface area contributed by atoms with Gasteiger partial charge < -0.3 is 9.73 Å². The maximum Gasteiger partial charge on any atom is 0.419 e. The number of hydrogen-bond donors (Lipinski definition) is 2. The van der Waals surface area contributed by atoms with Gasteiger partial charge in [0, 0.05) is 18.8 Å². The number of oxazole rings is 1. The van der Waals surface area contributed by atoms with E-state index in [9.17, 15) is 22.4 Å². The molecule has 0 bridgehead atoms. The number of rotatable bonds is 7. The molecule has 0 radical (unpaired) electrons. The summed E-state index contributed by atoms with van der Waals surface area (Å²) in [4.78, 5) is 24.5. The van der Waals surface area contributed by atoms with E-state index < -0.39 is 33.5 Å². The van der Waals surface area contributed by atoms with Gasteiger partial charge in [0.25, 0.3) is 0 Å². The first-order chi connectivity index (χ1) is 15.7. The normalized spacial score (nSPS) is 12.5. The number of hydrogen-bond acceptors (Lipinski definition) is 5. The minimum Gasteiger partial charge on any atom is -0.408 e. The molecule has 0 aliphatic heterocycles. The van der Waals surface area contributed by atoms with Crippen LogP contribution >= 0.6 is 0 Å². The molecular weight excluding hydrogens is 449 g/mol. The van der Waals surface area contributed by atoms with Crippen LogP contribution in [0.25, 0.3) is 11.1 Å². The van der Waals surface area contributed by atoms with E-state index >= 15 is 0 Å². The van der Waals surface area contributed by atoms with E-state index in [-0.39, 0.29) is 16.9 Å². The maximum atomic E-state index is 13.2. The molecule has 1 heterocycles. The fraction of sp³-hybridized carbons (Fsp3) is 0.130. The van der Waals surface area contributed by atoms with Gasteiger partial charge in [0.05, 0.1) is 10.4 Å². The van der Waals surface area contributed by atoms with Crippen molar-refractivity contribution in [3.8, 4) is 0 Å². The summed E-state index contributed by atoms with van der Waals surface area (Å²) in [5, 5.41) is 2.61. The van der Waals surface area contributed by atoms with E-state index in [4.69, 9.17) is 4.42 Å². The molecule has 33 heavy (non-hydrogen) atoms. The number of anilines is 1.